The van der Waals surface area contributed by atoms with Crippen molar-refractivity contribution in [2.75, 3.05) is 39.8 Å². The second kappa shape index (κ2) is 7.84. The van der Waals surface area contributed by atoms with Gasteiger partial charge in [0.15, 0.2) is 0 Å². The summed E-state index contributed by atoms with van der Waals surface area (Å²) >= 11 is 0. The largest absolute Gasteiger partial charge is 0.301 e. The number of likely N-dealkylation sites (N-methyl/N-ethyl adjacent to an activating group) is 1. The molecule has 0 spiro atoms. The van der Waals surface area contributed by atoms with Crippen LogP contribution in [0, 0.1) is 11.3 Å². The van der Waals surface area contributed by atoms with Crippen LogP contribution in [-0.4, -0.2) is 61.2 Å². The van der Waals surface area contributed by atoms with Crippen molar-refractivity contribution in [1.29, 1.82) is 5.26 Å². The third-order valence-corrected chi connectivity index (χ3v) is 4.27. The second-order valence-corrected chi connectivity index (χ2v) is 5.96. The van der Waals surface area contributed by atoms with Gasteiger partial charge in [-0.05, 0) is 39.8 Å². The molecule has 4 nitrogen and oxygen atoms in total. The van der Waals surface area contributed by atoms with E-state index in [2.05, 4.69) is 42.1 Å². The summed E-state index contributed by atoms with van der Waals surface area (Å²) in [5.74, 6) is 0. The van der Waals surface area contributed by atoms with Crippen LogP contribution >= 0.6 is 0 Å². The van der Waals surface area contributed by atoms with E-state index in [9.17, 15) is 5.26 Å². The minimum Gasteiger partial charge on any atom is -0.301 e. The molecule has 0 aromatic rings. The Labute approximate surface area is 118 Å². The maximum absolute atomic E-state index is 9.34. The van der Waals surface area contributed by atoms with Crippen LogP contribution in [0.4, 0.5) is 0 Å². The highest BCUT2D eigenvalue weighted by Gasteiger charge is 2.27. The molecule has 2 atom stereocenters. The van der Waals surface area contributed by atoms with Crippen molar-refractivity contribution >= 4 is 0 Å². The van der Waals surface area contributed by atoms with Gasteiger partial charge in [-0.15, -0.1) is 0 Å². The lowest BCUT2D eigenvalue weighted by Crippen LogP contribution is -2.53. The fraction of sp³-hybridized carbons (Fsp3) is 0.933. The predicted molar refractivity (Wildman–Crippen MR) is 80.1 cm³/mol. The van der Waals surface area contributed by atoms with Gasteiger partial charge in [-0.3, -0.25) is 5.32 Å². The Morgan fingerprint density at radius 3 is 2.68 bits per heavy atom. The van der Waals surface area contributed by atoms with E-state index in [0.29, 0.717) is 6.04 Å². The summed E-state index contributed by atoms with van der Waals surface area (Å²) in [4.78, 5) is 4.96. The Kier molecular flexibility index (Phi) is 6.78. The van der Waals surface area contributed by atoms with Gasteiger partial charge in [0.05, 0.1) is 6.07 Å². The molecule has 0 aliphatic carbocycles. The van der Waals surface area contributed by atoms with Crippen LogP contribution in [0.15, 0.2) is 0 Å². The summed E-state index contributed by atoms with van der Waals surface area (Å²) in [6.07, 6.45) is 3.18. The summed E-state index contributed by atoms with van der Waals surface area (Å²) < 4.78 is 0. The van der Waals surface area contributed by atoms with Crippen LogP contribution in [-0.2, 0) is 0 Å². The zero-order chi connectivity index (χ0) is 14.3. The molecule has 1 rings (SSSR count). The molecule has 1 aliphatic rings. The fourth-order valence-electron chi connectivity index (χ4n) is 2.62. The van der Waals surface area contributed by atoms with Crippen molar-refractivity contribution in [2.45, 2.75) is 51.6 Å². The molecule has 0 aromatic carbocycles. The molecule has 0 bridgehead atoms. The predicted octanol–water partition coefficient (Wildman–Crippen LogP) is 1.68. The molecular weight excluding hydrogens is 236 g/mol. The highest BCUT2D eigenvalue weighted by molar-refractivity contribution is 5.04. The van der Waals surface area contributed by atoms with E-state index in [1.807, 2.05) is 6.92 Å². The first-order valence-corrected chi connectivity index (χ1v) is 7.63. The molecule has 110 valence electrons. The van der Waals surface area contributed by atoms with Crippen LogP contribution in [0.3, 0.4) is 0 Å². The van der Waals surface area contributed by atoms with Gasteiger partial charge in [0.1, 0.15) is 5.54 Å². The average molecular weight is 266 g/mol. The Balaban J connectivity index is 2.41. The SMILES string of the molecule is CCCNC(C)(C#N)CCN1CCN(C)C(CC)C1. The Hall–Kier alpha value is -0.630. The van der Waals surface area contributed by atoms with Gasteiger partial charge in [-0.1, -0.05) is 13.8 Å². The standard InChI is InChI=1S/C15H30N4/c1-5-8-17-15(3,13-16)7-9-19-11-10-18(4)14(6-2)12-19/h14,17H,5-12H2,1-4H3. The summed E-state index contributed by atoms with van der Waals surface area (Å²) in [7, 11) is 2.22. The molecule has 0 radical (unpaired) electrons. The van der Waals surface area contributed by atoms with Crippen molar-refractivity contribution < 1.29 is 0 Å². The number of rotatable bonds is 7. The Morgan fingerprint density at radius 1 is 1.37 bits per heavy atom. The number of nitriles is 1. The van der Waals surface area contributed by atoms with E-state index < -0.39 is 0 Å². The van der Waals surface area contributed by atoms with Crippen LogP contribution in [0.25, 0.3) is 0 Å². The highest BCUT2D eigenvalue weighted by Crippen LogP contribution is 2.14. The molecule has 19 heavy (non-hydrogen) atoms. The Bertz CT molecular complexity index is 299. The van der Waals surface area contributed by atoms with Gasteiger partial charge >= 0.3 is 0 Å². The number of hydrogen-bond donors (Lipinski definition) is 1. The van der Waals surface area contributed by atoms with Crippen LogP contribution < -0.4 is 5.32 Å². The first-order chi connectivity index (χ1) is 9.04. The molecule has 0 aromatic heterocycles. The molecule has 0 saturated carbocycles. The van der Waals surface area contributed by atoms with Gasteiger partial charge < -0.3 is 9.80 Å². The fourth-order valence-corrected chi connectivity index (χ4v) is 2.62. The molecule has 1 aliphatic heterocycles. The average Bonchev–Trinajstić information content (AvgIpc) is 2.44. The third kappa shape index (κ3) is 5.10. The number of nitrogens with one attached hydrogen (secondary N) is 1. The van der Waals surface area contributed by atoms with E-state index in [4.69, 9.17) is 0 Å². The van der Waals surface area contributed by atoms with Crippen LogP contribution in [0.2, 0.25) is 0 Å². The lowest BCUT2D eigenvalue weighted by Gasteiger charge is -2.40. The first-order valence-electron chi connectivity index (χ1n) is 7.63. The van der Waals surface area contributed by atoms with Gasteiger partial charge in [0.25, 0.3) is 0 Å². The van der Waals surface area contributed by atoms with E-state index in [1.54, 1.807) is 0 Å². The van der Waals surface area contributed by atoms with E-state index in [-0.39, 0.29) is 5.54 Å². The third-order valence-electron chi connectivity index (χ3n) is 4.27. The molecule has 1 fully saturated rings. The van der Waals surface area contributed by atoms with E-state index in [1.165, 1.54) is 6.42 Å². The summed E-state index contributed by atoms with van der Waals surface area (Å²) in [6, 6.07) is 3.11. The molecule has 4 heteroatoms. The zero-order valence-electron chi connectivity index (χ0n) is 13.1. The topological polar surface area (TPSA) is 42.3 Å². The molecular formula is C15H30N4. The molecule has 1 saturated heterocycles. The summed E-state index contributed by atoms with van der Waals surface area (Å²) in [6.45, 7) is 11.8. The van der Waals surface area contributed by atoms with Crippen molar-refractivity contribution in [2.24, 2.45) is 0 Å². The normalized spacial score (nSPS) is 24.9. The smallest absolute Gasteiger partial charge is 0.105 e. The number of nitrogens with zero attached hydrogens (tertiary/aromatic N) is 3. The van der Waals surface area contributed by atoms with Crippen LogP contribution in [0.5, 0.6) is 0 Å². The molecule has 1 N–H and O–H groups in total. The minimum atomic E-state index is -0.374. The van der Waals surface area contributed by atoms with E-state index in [0.717, 1.165) is 45.6 Å². The summed E-state index contributed by atoms with van der Waals surface area (Å²) in [5.41, 5.74) is -0.374. The lowest BCUT2D eigenvalue weighted by atomic mass is 9.98. The minimum absolute atomic E-state index is 0.374. The van der Waals surface area contributed by atoms with Crippen molar-refractivity contribution in [3.63, 3.8) is 0 Å². The van der Waals surface area contributed by atoms with Crippen molar-refractivity contribution in [3.05, 3.63) is 0 Å². The molecule has 0 amide bonds. The molecule has 1 heterocycles. The van der Waals surface area contributed by atoms with Crippen LogP contribution in [0.1, 0.15) is 40.0 Å². The van der Waals surface area contributed by atoms with Crippen molar-refractivity contribution in [3.8, 4) is 6.07 Å². The van der Waals surface area contributed by atoms with Gasteiger partial charge in [-0.25, -0.2) is 0 Å². The van der Waals surface area contributed by atoms with Gasteiger partial charge in [0, 0.05) is 32.2 Å². The quantitative estimate of drug-likeness (QED) is 0.761. The van der Waals surface area contributed by atoms with Gasteiger partial charge in [-0.2, -0.15) is 5.26 Å². The number of piperazine rings is 1. The first kappa shape index (κ1) is 16.4. The highest BCUT2D eigenvalue weighted by atomic mass is 15.3. The zero-order valence-corrected chi connectivity index (χ0v) is 13.1. The Morgan fingerprint density at radius 2 is 2.11 bits per heavy atom. The van der Waals surface area contributed by atoms with Gasteiger partial charge in [0.2, 0.25) is 0 Å². The monoisotopic (exact) mass is 266 g/mol. The second-order valence-electron chi connectivity index (χ2n) is 5.96. The number of hydrogen-bond acceptors (Lipinski definition) is 4. The summed E-state index contributed by atoms with van der Waals surface area (Å²) in [5, 5.41) is 12.7. The maximum atomic E-state index is 9.34. The van der Waals surface area contributed by atoms with Crippen molar-refractivity contribution in [1.82, 2.24) is 15.1 Å². The maximum Gasteiger partial charge on any atom is 0.105 e. The molecule has 2 unspecified atom stereocenters. The lowest BCUT2D eigenvalue weighted by molar-refractivity contribution is 0.0884. The van der Waals surface area contributed by atoms with E-state index >= 15 is 0 Å².